The smallest absolute Gasteiger partial charge is 0.177 e. The average Bonchev–Trinajstić information content (AvgIpc) is 2.38. The van der Waals surface area contributed by atoms with E-state index in [1.807, 2.05) is 0 Å². The van der Waals surface area contributed by atoms with E-state index >= 15 is 0 Å². The zero-order chi connectivity index (χ0) is 14.3. The van der Waals surface area contributed by atoms with Crippen LogP contribution in [0.25, 0.3) is 0 Å². The molecule has 2 unspecified atom stereocenters. The zero-order valence-corrected chi connectivity index (χ0v) is 12.4. The van der Waals surface area contributed by atoms with Crippen LogP contribution in [0.4, 0.5) is 0 Å². The summed E-state index contributed by atoms with van der Waals surface area (Å²) in [6, 6.07) is 8.31. The van der Waals surface area contributed by atoms with Gasteiger partial charge >= 0.3 is 0 Å². The maximum atomic E-state index is 7.55. The predicted molar refractivity (Wildman–Crippen MR) is 78.7 cm³/mol. The summed E-state index contributed by atoms with van der Waals surface area (Å²) in [5, 5.41) is 7.55. The van der Waals surface area contributed by atoms with Crippen molar-refractivity contribution in [1.82, 2.24) is 0 Å². The molecule has 0 bridgehead atoms. The minimum atomic E-state index is -0.118. The molecule has 0 radical (unpaired) electrons. The first kappa shape index (κ1) is 15.7. The Morgan fingerprint density at radius 1 is 1.26 bits per heavy atom. The van der Waals surface area contributed by atoms with Crippen molar-refractivity contribution < 1.29 is 9.47 Å². The molecule has 0 heterocycles. The fourth-order valence-electron chi connectivity index (χ4n) is 2.16. The fraction of sp³-hybridized carbons (Fsp3) is 0.562. The van der Waals surface area contributed by atoms with Crippen molar-refractivity contribution in [3.05, 3.63) is 35.4 Å². The molecule has 2 atom stereocenters. The summed E-state index contributed by atoms with van der Waals surface area (Å²) >= 11 is 0. The molecule has 1 rings (SSSR count). The normalized spacial score (nSPS) is 13.9. The highest BCUT2D eigenvalue weighted by Crippen LogP contribution is 2.26. The van der Waals surface area contributed by atoms with E-state index in [2.05, 4.69) is 38.1 Å². The molecule has 0 fully saturated rings. The topological polar surface area (TPSA) is 42.3 Å². The van der Waals surface area contributed by atoms with E-state index < -0.39 is 0 Å². The molecule has 0 amide bonds. The van der Waals surface area contributed by atoms with Gasteiger partial charge in [0.1, 0.15) is 12.2 Å². The van der Waals surface area contributed by atoms with Gasteiger partial charge in [-0.15, -0.1) is 0 Å². The Labute approximate surface area is 116 Å². The molecule has 3 nitrogen and oxygen atoms in total. The first-order chi connectivity index (χ1) is 9.08. The van der Waals surface area contributed by atoms with Gasteiger partial charge in [0, 0.05) is 14.0 Å². The number of aryl methyl sites for hydroxylation is 1. The number of benzene rings is 1. The Morgan fingerprint density at radius 2 is 1.89 bits per heavy atom. The Morgan fingerprint density at radius 3 is 2.37 bits per heavy atom. The molecule has 19 heavy (non-hydrogen) atoms. The summed E-state index contributed by atoms with van der Waals surface area (Å²) in [7, 11) is 1.70. The number of ether oxygens (including phenoxy) is 2. The van der Waals surface area contributed by atoms with Crippen molar-refractivity contribution in [3.8, 4) is 0 Å². The predicted octanol–water partition coefficient (Wildman–Crippen LogP) is 4.26. The molecular formula is C16H25NO2. The van der Waals surface area contributed by atoms with Crippen LogP contribution < -0.4 is 0 Å². The summed E-state index contributed by atoms with van der Waals surface area (Å²) in [6.07, 6.45) is 2.88. The van der Waals surface area contributed by atoms with Gasteiger partial charge in [0.05, 0.1) is 0 Å². The Balaban J connectivity index is 2.87. The van der Waals surface area contributed by atoms with Gasteiger partial charge in [-0.25, -0.2) is 0 Å². The summed E-state index contributed by atoms with van der Waals surface area (Å²) < 4.78 is 11.3. The van der Waals surface area contributed by atoms with Crippen LogP contribution in [0.5, 0.6) is 0 Å². The van der Waals surface area contributed by atoms with E-state index in [1.54, 1.807) is 14.0 Å². The molecule has 106 valence electrons. The first-order valence-corrected chi connectivity index (χ1v) is 6.89. The molecule has 0 aliphatic carbocycles. The van der Waals surface area contributed by atoms with Crippen molar-refractivity contribution >= 4 is 5.90 Å². The van der Waals surface area contributed by atoms with E-state index in [-0.39, 0.29) is 18.1 Å². The molecule has 3 heteroatoms. The van der Waals surface area contributed by atoms with Crippen LogP contribution in [0.3, 0.4) is 0 Å². The number of nitrogens with one attached hydrogen (secondary N) is 1. The standard InChI is InChI=1S/C16H25NO2/c1-5-6-7-15(19-13(3)17)16(18-4)14-10-8-12(2)9-11-14/h8-11,15-17H,5-7H2,1-4H3. The zero-order valence-electron chi connectivity index (χ0n) is 12.4. The first-order valence-electron chi connectivity index (χ1n) is 6.89. The Hall–Kier alpha value is -1.35. The van der Waals surface area contributed by atoms with Crippen molar-refractivity contribution in [1.29, 1.82) is 5.41 Å². The van der Waals surface area contributed by atoms with Gasteiger partial charge in [0.2, 0.25) is 0 Å². The van der Waals surface area contributed by atoms with E-state index in [0.717, 1.165) is 24.8 Å². The molecule has 0 aromatic heterocycles. The van der Waals surface area contributed by atoms with Gasteiger partial charge in [-0.1, -0.05) is 43.2 Å². The molecule has 0 aliphatic rings. The highest BCUT2D eigenvalue weighted by molar-refractivity contribution is 5.69. The van der Waals surface area contributed by atoms with Crippen LogP contribution in [0.1, 0.15) is 50.3 Å². The van der Waals surface area contributed by atoms with Crippen LogP contribution in [0.2, 0.25) is 0 Å². The maximum absolute atomic E-state index is 7.55. The fourth-order valence-corrected chi connectivity index (χ4v) is 2.16. The van der Waals surface area contributed by atoms with E-state index in [9.17, 15) is 0 Å². The number of hydrogen-bond donors (Lipinski definition) is 1. The molecule has 0 aliphatic heterocycles. The minimum Gasteiger partial charge on any atom is -0.475 e. The van der Waals surface area contributed by atoms with Crippen LogP contribution in [-0.2, 0) is 9.47 Å². The second-order valence-corrected chi connectivity index (χ2v) is 4.92. The van der Waals surface area contributed by atoms with Gasteiger partial charge in [0.15, 0.2) is 5.90 Å². The molecule has 0 saturated carbocycles. The van der Waals surface area contributed by atoms with Gasteiger partial charge in [0.25, 0.3) is 0 Å². The number of unbranched alkanes of at least 4 members (excludes halogenated alkanes) is 1. The summed E-state index contributed by atoms with van der Waals surface area (Å²) in [6.45, 7) is 5.89. The Kier molecular flexibility index (Phi) is 6.57. The lowest BCUT2D eigenvalue weighted by Crippen LogP contribution is -2.25. The molecule has 1 aromatic rings. The number of rotatable bonds is 7. The highest BCUT2D eigenvalue weighted by atomic mass is 16.5. The maximum Gasteiger partial charge on any atom is 0.177 e. The lowest BCUT2D eigenvalue weighted by Gasteiger charge is -2.27. The van der Waals surface area contributed by atoms with Crippen molar-refractivity contribution in [2.24, 2.45) is 0 Å². The van der Waals surface area contributed by atoms with Crippen LogP contribution in [0.15, 0.2) is 24.3 Å². The number of methoxy groups -OCH3 is 1. The SMILES string of the molecule is CCCCC(OC(C)=N)C(OC)c1ccc(C)cc1. The summed E-state index contributed by atoms with van der Waals surface area (Å²) in [5.74, 6) is 0.246. The van der Waals surface area contributed by atoms with E-state index in [1.165, 1.54) is 5.56 Å². The van der Waals surface area contributed by atoms with Crippen molar-refractivity contribution in [3.63, 3.8) is 0 Å². The quantitative estimate of drug-likeness (QED) is 0.590. The van der Waals surface area contributed by atoms with Crippen LogP contribution in [-0.4, -0.2) is 19.1 Å². The van der Waals surface area contributed by atoms with E-state index in [0.29, 0.717) is 0 Å². The molecule has 0 saturated heterocycles. The van der Waals surface area contributed by atoms with Crippen molar-refractivity contribution in [2.75, 3.05) is 7.11 Å². The third-order valence-corrected chi connectivity index (χ3v) is 3.17. The lowest BCUT2D eigenvalue weighted by atomic mass is 9.99. The molecule has 1 aromatic carbocycles. The van der Waals surface area contributed by atoms with Gasteiger partial charge in [-0.2, -0.15) is 0 Å². The largest absolute Gasteiger partial charge is 0.475 e. The van der Waals surface area contributed by atoms with Gasteiger partial charge in [-0.05, 0) is 25.3 Å². The van der Waals surface area contributed by atoms with Crippen LogP contribution >= 0.6 is 0 Å². The second kappa shape index (κ2) is 7.95. The monoisotopic (exact) mass is 263 g/mol. The third-order valence-electron chi connectivity index (χ3n) is 3.17. The third kappa shape index (κ3) is 5.03. The van der Waals surface area contributed by atoms with E-state index in [4.69, 9.17) is 14.9 Å². The lowest BCUT2D eigenvalue weighted by molar-refractivity contribution is -0.0115. The van der Waals surface area contributed by atoms with Gasteiger partial charge < -0.3 is 9.47 Å². The van der Waals surface area contributed by atoms with Crippen molar-refractivity contribution in [2.45, 2.75) is 52.2 Å². The highest BCUT2D eigenvalue weighted by Gasteiger charge is 2.24. The molecular weight excluding hydrogens is 238 g/mol. The summed E-state index contributed by atoms with van der Waals surface area (Å²) in [5.41, 5.74) is 2.34. The molecule has 1 N–H and O–H groups in total. The minimum absolute atomic E-state index is 0.0924. The Bertz CT molecular complexity index is 386. The second-order valence-electron chi connectivity index (χ2n) is 4.92. The number of hydrogen-bond acceptors (Lipinski definition) is 3. The van der Waals surface area contributed by atoms with Crippen LogP contribution in [0, 0.1) is 12.3 Å². The van der Waals surface area contributed by atoms with Gasteiger partial charge in [-0.3, -0.25) is 5.41 Å². The molecule has 0 spiro atoms. The average molecular weight is 263 g/mol. The summed E-state index contributed by atoms with van der Waals surface area (Å²) in [4.78, 5) is 0.